The minimum Gasteiger partial charge on any atom is -0.435 e. The maximum atomic E-state index is 13.6. The molecule has 0 saturated carbocycles. The number of hydrogen-bond acceptors (Lipinski definition) is 7. The second-order valence-corrected chi connectivity index (χ2v) is 11.5. The molecule has 4 N–H and O–H groups in total. The number of carbonyl (C=O) groups is 1. The van der Waals surface area contributed by atoms with E-state index in [1.54, 1.807) is 12.1 Å². The third kappa shape index (κ3) is 9.49. The average Bonchev–Trinajstić information content (AvgIpc) is 3.08. The number of fused-ring (bicyclic) bond motifs is 1. The van der Waals surface area contributed by atoms with Crippen molar-refractivity contribution in [2.24, 2.45) is 5.41 Å². The largest absolute Gasteiger partial charge is 0.435 e. The van der Waals surface area contributed by atoms with Crippen LogP contribution in [0.4, 0.5) is 29.2 Å². The smallest absolute Gasteiger partial charge is 0.387 e. The van der Waals surface area contributed by atoms with Crippen LogP contribution in [0.25, 0.3) is 10.9 Å². The topological polar surface area (TPSA) is 123 Å². The molecule has 49 heavy (non-hydrogen) atoms. The van der Waals surface area contributed by atoms with Crippen LogP contribution in [-0.2, 0) is 17.8 Å². The van der Waals surface area contributed by atoms with Crippen LogP contribution in [0.15, 0.2) is 108 Å². The van der Waals surface area contributed by atoms with Gasteiger partial charge < -0.3 is 25.4 Å². The number of benzene rings is 4. The Kier molecular flexibility index (Phi) is 11.3. The molecule has 1 aromatic heterocycles. The van der Waals surface area contributed by atoms with E-state index < -0.39 is 18.6 Å². The molecule has 256 valence electrons. The number of ether oxygens (including phenoxy) is 2. The zero-order valence-corrected chi connectivity index (χ0v) is 26.3. The van der Waals surface area contributed by atoms with E-state index in [1.165, 1.54) is 30.3 Å². The van der Waals surface area contributed by atoms with Gasteiger partial charge in [0.1, 0.15) is 11.5 Å². The van der Waals surface area contributed by atoms with Crippen LogP contribution in [0.1, 0.15) is 24.0 Å². The fourth-order valence-corrected chi connectivity index (χ4v) is 5.71. The van der Waals surface area contributed by atoms with Crippen molar-refractivity contribution in [2.45, 2.75) is 39.0 Å². The Morgan fingerprint density at radius 3 is 2.06 bits per heavy atom. The molecule has 0 aliphatic carbocycles. The van der Waals surface area contributed by atoms with Gasteiger partial charge in [0.05, 0.1) is 16.3 Å². The minimum atomic E-state index is -2.97. The van der Waals surface area contributed by atoms with Crippen molar-refractivity contribution in [1.29, 1.82) is 0 Å². The third-order valence-electron chi connectivity index (χ3n) is 8.16. The number of aromatic amines is 1. The van der Waals surface area contributed by atoms with Gasteiger partial charge in [0.25, 0.3) is 5.56 Å². The summed E-state index contributed by atoms with van der Waals surface area (Å²) in [4.78, 5) is 35.6. The summed E-state index contributed by atoms with van der Waals surface area (Å²) in [6, 6.07) is 29.7. The molecule has 1 aliphatic rings. The van der Waals surface area contributed by atoms with E-state index in [2.05, 4.69) is 24.8 Å². The molecule has 4 aromatic carbocycles. The van der Waals surface area contributed by atoms with Crippen LogP contribution >= 0.6 is 0 Å². The fourth-order valence-electron chi connectivity index (χ4n) is 5.71. The summed E-state index contributed by atoms with van der Waals surface area (Å²) >= 11 is 0. The highest BCUT2D eigenvalue weighted by molar-refractivity contribution is 5.83. The molecule has 6 rings (SSSR count). The summed E-state index contributed by atoms with van der Waals surface area (Å²) in [7, 11) is 0. The molecule has 0 atom stereocenters. The van der Waals surface area contributed by atoms with E-state index in [4.69, 9.17) is 5.73 Å². The lowest BCUT2D eigenvalue weighted by atomic mass is 9.73. The zero-order chi connectivity index (χ0) is 34.8. The average molecular weight is 678 g/mol. The Balaban J connectivity index is 0.000000363. The van der Waals surface area contributed by atoms with Gasteiger partial charge in [0.2, 0.25) is 11.9 Å². The highest BCUT2D eigenvalue weighted by Gasteiger charge is 2.41. The summed E-state index contributed by atoms with van der Waals surface area (Å²) in [5, 5.41) is 3.42. The first-order valence-corrected chi connectivity index (χ1v) is 15.5. The number of alkyl halides is 4. The molecular weight excluding hydrogens is 642 g/mol. The fraction of sp³-hybridized carbons (Fsp3) is 0.250. The Morgan fingerprint density at radius 1 is 0.837 bits per heavy atom. The van der Waals surface area contributed by atoms with Crippen LogP contribution in [0, 0.1) is 5.41 Å². The van der Waals surface area contributed by atoms with Gasteiger partial charge in [-0.2, -0.15) is 17.6 Å². The zero-order valence-electron chi connectivity index (χ0n) is 26.3. The van der Waals surface area contributed by atoms with E-state index in [1.807, 2.05) is 65.6 Å². The van der Waals surface area contributed by atoms with Crippen LogP contribution in [-0.4, -0.2) is 42.2 Å². The van der Waals surface area contributed by atoms with Crippen molar-refractivity contribution in [3.63, 3.8) is 0 Å². The molecule has 0 spiro atoms. The minimum absolute atomic E-state index is 0.00129. The van der Waals surface area contributed by atoms with Gasteiger partial charge >= 0.3 is 13.2 Å². The summed E-state index contributed by atoms with van der Waals surface area (Å²) in [5.41, 5.74) is 7.11. The van der Waals surface area contributed by atoms with Gasteiger partial charge in [0, 0.05) is 37.5 Å². The summed E-state index contributed by atoms with van der Waals surface area (Å²) in [6.45, 7) is -4.33. The number of anilines is 2. The van der Waals surface area contributed by atoms with Crippen molar-refractivity contribution in [3.05, 3.63) is 125 Å². The predicted octanol–water partition coefficient (Wildman–Crippen LogP) is 6.54. The Hall–Kier alpha value is -5.59. The van der Waals surface area contributed by atoms with Gasteiger partial charge in [-0.15, -0.1) is 0 Å². The number of hydrogen-bond donors (Lipinski definition) is 3. The van der Waals surface area contributed by atoms with E-state index >= 15 is 0 Å². The molecule has 13 heteroatoms. The van der Waals surface area contributed by atoms with E-state index in [-0.39, 0.29) is 33.9 Å². The van der Waals surface area contributed by atoms with Gasteiger partial charge in [-0.05, 0) is 54.7 Å². The summed E-state index contributed by atoms with van der Waals surface area (Å²) in [6.07, 6.45) is 1.70. The highest BCUT2D eigenvalue weighted by Crippen LogP contribution is 2.37. The van der Waals surface area contributed by atoms with Crippen molar-refractivity contribution in [1.82, 2.24) is 15.3 Å². The van der Waals surface area contributed by atoms with Gasteiger partial charge in [-0.25, -0.2) is 4.98 Å². The molecule has 0 radical (unpaired) electrons. The number of H-pyrrole nitrogens is 1. The van der Waals surface area contributed by atoms with Gasteiger partial charge in [-0.1, -0.05) is 66.7 Å². The Morgan fingerprint density at radius 2 is 1.45 bits per heavy atom. The standard InChI is InChI=1S/C29H28F2N4O3.C7H7F2NO/c30-27(31)38-22-11-12-23-24(17-22)33-28(34-25(23)36)35-15-13-29(14-16-35,18-20-7-3-1-4-8-20)26(37)32-19-21-9-5-2-6-10-21;8-7(9)11-6-3-1-2-5(10)4-6/h1-12,17,27H,13-16,18-19H2,(H,32,37)(H,33,34,36);1-4,7H,10H2. The molecule has 0 bridgehead atoms. The molecular formula is C36H35F4N5O4. The normalized spacial score (nSPS) is 13.9. The summed E-state index contributed by atoms with van der Waals surface area (Å²) < 4.78 is 57.1. The number of carbonyl (C=O) groups excluding carboxylic acids is 1. The lowest BCUT2D eigenvalue weighted by Gasteiger charge is -2.41. The number of nitrogens with zero attached hydrogens (tertiary/aromatic N) is 2. The first kappa shape index (κ1) is 34.7. The first-order chi connectivity index (χ1) is 23.6. The predicted molar refractivity (Wildman–Crippen MR) is 179 cm³/mol. The number of piperidine rings is 1. The Bertz CT molecular complexity index is 1890. The molecule has 1 amide bonds. The van der Waals surface area contributed by atoms with Crippen molar-refractivity contribution in [2.75, 3.05) is 23.7 Å². The lowest BCUT2D eigenvalue weighted by molar-refractivity contribution is -0.132. The molecule has 0 unspecified atom stereocenters. The van der Waals surface area contributed by atoms with Crippen molar-refractivity contribution in [3.8, 4) is 11.5 Å². The van der Waals surface area contributed by atoms with Crippen LogP contribution in [0.3, 0.4) is 0 Å². The molecule has 2 heterocycles. The monoisotopic (exact) mass is 677 g/mol. The summed E-state index contributed by atoms with van der Waals surface area (Å²) in [5.74, 6) is 0.362. The molecule has 5 aromatic rings. The number of nitrogens with two attached hydrogens (primary N) is 1. The van der Waals surface area contributed by atoms with Gasteiger partial charge in [0.15, 0.2) is 0 Å². The number of rotatable bonds is 10. The molecule has 1 fully saturated rings. The van der Waals surface area contributed by atoms with E-state index in [0.717, 1.165) is 11.1 Å². The second kappa shape index (κ2) is 16.0. The SMILES string of the molecule is Nc1cccc(OC(F)F)c1.O=C(NCc1ccccc1)C1(Cc2ccccc2)CCN(c2nc3cc(OC(F)F)ccc3c(=O)[nH]2)CC1. The number of nitrogens with one attached hydrogen (secondary N) is 2. The van der Waals surface area contributed by atoms with Crippen LogP contribution in [0.2, 0.25) is 0 Å². The maximum absolute atomic E-state index is 13.6. The third-order valence-corrected chi connectivity index (χ3v) is 8.16. The lowest BCUT2D eigenvalue weighted by Crippen LogP contribution is -2.50. The van der Waals surface area contributed by atoms with E-state index in [9.17, 15) is 27.2 Å². The molecule has 1 saturated heterocycles. The Labute approximate surface area is 279 Å². The first-order valence-electron chi connectivity index (χ1n) is 15.5. The number of nitrogen functional groups attached to an aromatic ring is 1. The van der Waals surface area contributed by atoms with E-state index in [0.29, 0.717) is 50.5 Å². The van der Waals surface area contributed by atoms with Gasteiger partial charge in [-0.3, -0.25) is 14.6 Å². The van der Waals surface area contributed by atoms with Crippen LogP contribution < -0.4 is 31.0 Å². The number of aromatic nitrogens is 2. The second-order valence-electron chi connectivity index (χ2n) is 11.5. The van der Waals surface area contributed by atoms with Crippen molar-refractivity contribution < 1.29 is 31.8 Å². The molecule has 1 aliphatic heterocycles. The molecule has 9 nitrogen and oxygen atoms in total. The quantitative estimate of drug-likeness (QED) is 0.113. The number of halogens is 4. The van der Waals surface area contributed by atoms with Crippen LogP contribution in [0.5, 0.6) is 11.5 Å². The van der Waals surface area contributed by atoms with Crippen molar-refractivity contribution >= 4 is 28.4 Å². The number of amides is 1. The maximum Gasteiger partial charge on any atom is 0.387 e. The highest BCUT2D eigenvalue weighted by atomic mass is 19.3.